The van der Waals surface area contributed by atoms with Crippen molar-refractivity contribution in [2.24, 2.45) is 5.92 Å². The van der Waals surface area contributed by atoms with Crippen molar-refractivity contribution >= 4 is 17.5 Å². The minimum atomic E-state index is -0.802. The second kappa shape index (κ2) is 6.68. The third-order valence-corrected chi connectivity index (χ3v) is 4.32. The van der Waals surface area contributed by atoms with Gasteiger partial charge < -0.3 is 20.1 Å². The first-order chi connectivity index (χ1) is 11.0. The maximum Gasteiger partial charge on any atom is 0.249 e. The molecule has 23 heavy (non-hydrogen) atoms. The molecule has 2 N–H and O–H groups in total. The van der Waals surface area contributed by atoms with E-state index in [0.717, 1.165) is 12.8 Å². The van der Waals surface area contributed by atoms with Gasteiger partial charge in [0.25, 0.3) is 0 Å². The lowest BCUT2D eigenvalue weighted by Crippen LogP contribution is -2.52. The van der Waals surface area contributed by atoms with Crippen LogP contribution in [0.3, 0.4) is 0 Å². The van der Waals surface area contributed by atoms with E-state index in [9.17, 15) is 14.7 Å². The quantitative estimate of drug-likeness (QED) is 0.858. The number of carbonyl (C=O) groups excluding carboxylic acids is 2. The van der Waals surface area contributed by atoms with E-state index in [0.29, 0.717) is 30.3 Å². The van der Waals surface area contributed by atoms with Crippen molar-refractivity contribution in [3.63, 3.8) is 0 Å². The van der Waals surface area contributed by atoms with Crippen LogP contribution in [0.2, 0.25) is 0 Å². The highest BCUT2D eigenvalue weighted by atomic mass is 16.5. The Morgan fingerprint density at radius 3 is 2.70 bits per heavy atom. The number of nitrogens with zero attached hydrogens (tertiary/aromatic N) is 1. The normalized spacial score (nSPS) is 22.8. The number of benzene rings is 1. The van der Waals surface area contributed by atoms with Crippen LogP contribution in [0.15, 0.2) is 24.3 Å². The summed E-state index contributed by atoms with van der Waals surface area (Å²) < 4.78 is 5.34. The molecule has 6 heteroatoms. The first kappa shape index (κ1) is 16.0. The van der Waals surface area contributed by atoms with Crippen LogP contribution in [-0.4, -0.2) is 47.6 Å². The highest BCUT2D eigenvalue weighted by Gasteiger charge is 2.37. The summed E-state index contributed by atoms with van der Waals surface area (Å²) in [6, 6.07) is 6.67. The Bertz CT molecular complexity index is 583. The van der Waals surface area contributed by atoms with Gasteiger partial charge in [-0.1, -0.05) is 12.1 Å². The molecule has 0 bridgehead atoms. The van der Waals surface area contributed by atoms with E-state index < -0.39 is 6.10 Å². The van der Waals surface area contributed by atoms with E-state index in [1.807, 2.05) is 0 Å². The summed E-state index contributed by atoms with van der Waals surface area (Å²) in [5, 5.41) is 13.4. The molecule has 1 heterocycles. The van der Waals surface area contributed by atoms with E-state index in [-0.39, 0.29) is 24.5 Å². The Labute approximate surface area is 135 Å². The molecule has 1 aliphatic heterocycles. The molecule has 2 aliphatic rings. The molecule has 1 saturated heterocycles. The number of anilines is 1. The average molecular weight is 318 g/mol. The van der Waals surface area contributed by atoms with E-state index in [1.165, 1.54) is 6.92 Å². The summed E-state index contributed by atoms with van der Waals surface area (Å²) in [5.74, 6) is 0.371. The molecule has 2 amide bonds. The number of aliphatic hydroxyl groups excluding tert-OH is 1. The summed E-state index contributed by atoms with van der Waals surface area (Å²) in [4.78, 5) is 24.9. The number of carbonyl (C=O) groups is 2. The predicted molar refractivity (Wildman–Crippen MR) is 84.7 cm³/mol. The summed E-state index contributed by atoms with van der Waals surface area (Å²) in [6.07, 6.45) is 1.50. The van der Waals surface area contributed by atoms with Crippen LogP contribution in [0.5, 0.6) is 0 Å². The molecule has 0 aromatic heterocycles. The third kappa shape index (κ3) is 3.89. The van der Waals surface area contributed by atoms with Gasteiger partial charge in [0.2, 0.25) is 11.8 Å². The van der Waals surface area contributed by atoms with Crippen molar-refractivity contribution in [3.05, 3.63) is 29.8 Å². The summed E-state index contributed by atoms with van der Waals surface area (Å²) in [6.45, 7) is 2.59. The average Bonchev–Trinajstić information content (AvgIpc) is 3.33. The van der Waals surface area contributed by atoms with Crippen LogP contribution in [0.25, 0.3) is 0 Å². The Morgan fingerprint density at radius 2 is 2.09 bits per heavy atom. The van der Waals surface area contributed by atoms with Crippen molar-refractivity contribution in [1.82, 2.24) is 4.90 Å². The molecular formula is C17H22N2O4. The number of rotatable bonds is 5. The Balaban J connectivity index is 1.72. The van der Waals surface area contributed by atoms with Gasteiger partial charge in [-0.2, -0.15) is 0 Å². The van der Waals surface area contributed by atoms with Crippen molar-refractivity contribution in [2.75, 3.05) is 25.1 Å². The molecule has 0 radical (unpaired) electrons. The zero-order valence-electron chi connectivity index (χ0n) is 13.2. The number of hydrogen-bond donors (Lipinski definition) is 2. The predicted octanol–water partition coefficient (Wildman–Crippen LogP) is 1.32. The van der Waals surface area contributed by atoms with Crippen molar-refractivity contribution in [3.8, 4) is 0 Å². The highest BCUT2D eigenvalue weighted by molar-refractivity contribution is 5.88. The SMILES string of the molecule is CC(=O)Nc1ccc([C@@H](O)[C@H]2COCC(=O)N2CC2CC2)cc1. The van der Waals surface area contributed by atoms with Gasteiger partial charge in [0.1, 0.15) is 12.7 Å². The highest BCUT2D eigenvalue weighted by Crippen LogP contribution is 2.33. The van der Waals surface area contributed by atoms with Gasteiger partial charge in [0.05, 0.1) is 12.6 Å². The van der Waals surface area contributed by atoms with Gasteiger partial charge in [0.15, 0.2) is 0 Å². The number of morpholine rings is 1. The topological polar surface area (TPSA) is 78.9 Å². The van der Waals surface area contributed by atoms with Gasteiger partial charge in [-0.15, -0.1) is 0 Å². The second-order valence-corrected chi connectivity index (χ2v) is 6.32. The van der Waals surface area contributed by atoms with Crippen LogP contribution in [0.4, 0.5) is 5.69 Å². The Kier molecular flexibility index (Phi) is 4.63. The molecule has 2 atom stereocenters. The fraction of sp³-hybridized carbons (Fsp3) is 0.529. The van der Waals surface area contributed by atoms with Crippen LogP contribution in [0.1, 0.15) is 31.4 Å². The summed E-state index contributed by atoms with van der Waals surface area (Å²) in [7, 11) is 0. The van der Waals surface area contributed by atoms with Gasteiger partial charge in [0, 0.05) is 19.2 Å². The van der Waals surface area contributed by atoms with Crippen LogP contribution in [-0.2, 0) is 14.3 Å². The second-order valence-electron chi connectivity index (χ2n) is 6.32. The van der Waals surface area contributed by atoms with Gasteiger partial charge in [-0.25, -0.2) is 0 Å². The van der Waals surface area contributed by atoms with Crippen molar-refractivity contribution in [2.45, 2.75) is 31.9 Å². The van der Waals surface area contributed by atoms with Crippen LogP contribution < -0.4 is 5.32 Å². The molecule has 3 rings (SSSR count). The molecule has 6 nitrogen and oxygen atoms in total. The Hall–Kier alpha value is -1.92. The van der Waals surface area contributed by atoms with Crippen LogP contribution in [0, 0.1) is 5.92 Å². The lowest BCUT2D eigenvalue weighted by atomic mass is 9.99. The van der Waals surface area contributed by atoms with Crippen molar-refractivity contribution < 1.29 is 19.4 Å². The number of nitrogens with one attached hydrogen (secondary N) is 1. The first-order valence-corrected chi connectivity index (χ1v) is 7.97. The standard InChI is InChI=1S/C17H22N2O4/c1-11(20)18-14-6-4-13(5-7-14)17(22)15-9-23-10-16(21)19(15)8-12-2-3-12/h4-7,12,15,17,22H,2-3,8-10H2,1H3,(H,18,20)/t15-,17-/m1/s1. The molecule has 0 unspecified atom stereocenters. The number of hydrogen-bond acceptors (Lipinski definition) is 4. The van der Waals surface area contributed by atoms with E-state index in [4.69, 9.17) is 4.74 Å². The van der Waals surface area contributed by atoms with E-state index in [2.05, 4.69) is 5.32 Å². The Morgan fingerprint density at radius 1 is 1.39 bits per heavy atom. The molecule has 2 fully saturated rings. The molecule has 0 spiro atoms. The molecule has 1 aliphatic carbocycles. The largest absolute Gasteiger partial charge is 0.386 e. The maximum atomic E-state index is 12.1. The molecular weight excluding hydrogens is 296 g/mol. The first-order valence-electron chi connectivity index (χ1n) is 7.97. The lowest BCUT2D eigenvalue weighted by Gasteiger charge is -2.38. The minimum Gasteiger partial charge on any atom is -0.386 e. The minimum absolute atomic E-state index is 0.0536. The number of aliphatic hydroxyl groups is 1. The maximum absolute atomic E-state index is 12.1. The number of amides is 2. The van der Waals surface area contributed by atoms with Gasteiger partial charge in [-0.05, 0) is 36.5 Å². The van der Waals surface area contributed by atoms with Gasteiger partial charge in [-0.3, -0.25) is 9.59 Å². The molecule has 124 valence electrons. The summed E-state index contributed by atoms with van der Waals surface area (Å²) >= 11 is 0. The summed E-state index contributed by atoms with van der Waals surface area (Å²) in [5.41, 5.74) is 1.39. The zero-order chi connectivity index (χ0) is 16.4. The monoisotopic (exact) mass is 318 g/mol. The van der Waals surface area contributed by atoms with Crippen molar-refractivity contribution in [1.29, 1.82) is 0 Å². The van der Waals surface area contributed by atoms with Gasteiger partial charge >= 0.3 is 0 Å². The van der Waals surface area contributed by atoms with E-state index >= 15 is 0 Å². The smallest absolute Gasteiger partial charge is 0.249 e. The van der Waals surface area contributed by atoms with Crippen LogP contribution >= 0.6 is 0 Å². The molecule has 1 aromatic rings. The zero-order valence-corrected chi connectivity index (χ0v) is 13.2. The van der Waals surface area contributed by atoms with E-state index in [1.54, 1.807) is 29.2 Å². The fourth-order valence-corrected chi connectivity index (χ4v) is 2.89. The lowest BCUT2D eigenvalue weighted by molar-refractivity contribution is -0.154. The molecule has 1 saturated carbocycles. The third-order valence-electron chi connectivity index (χ3n) is 4.32. The molecule has 1 aromatic carbocycles. The number of ether oxygens (including phenoxy) is 1. The fourth-order valence-electron chi connectivity index (χ4n) is 2.89.